The fourth-order valence-electron chi connectivity index (χ4n) is 0. The van der Waals surface area contributed by atoms with Gasteiger partial charge in [-0.3, -0.25) is 0 Å². The minimum Gasteiger partial charge on any atom is -1.00 e. The summed E-state index contributed by atoms with van der Waals surface area (Å²) in [5, 5.41) is 0. The molecule has 0 aromatic rings. The third-order valence-electron chi connectivity index (χ3n) is 0. The smallest absolute Gasteiger partial charge is 1.00 e. The van der Waals surface area contributed by atoms with E-state index in [0.717, 1.165) is 0 Å². The van der Waals surface area contributed by atoms with E-state index in [2.05, 4.69) is 0 Å². The van der Waals surface area contributed by atoms with Crippen molar-refractivity contribution in [2.45, 2.75) is 0 Å². The van der Waals surface area contributed by atoms with Crippen LogP contribution in [0.1, 0.15) is 0 Å². The first-order valence-corrected chi connectivity index (χ1v) is 0. The summed E-state index contributed by atoms with van der Waals surface area (Å²) in [7, 11) is 0. The van der Waals surface area contributed by atoms with E-state index < -0.39 is 0 Å². The van der Waals surface area contributed by atoms with E-state index in [0.29, 0.717) is 0 Å². The number of rotatable bonds is 0. The third kappa shape index (κ3) is 8.84. The minimum absolute atomic E-state index is 0. The molecule has 16 valence electrons. The Balaban J connectivity index is 0. The summed E-state index contributed by atoms with van der Waals surface area (Å²) in [6.45, 7) is 0. The Bertz CT molecular complexity index is 4.00. The molecule has 0 saturated heterocycles. The molecule has 0 aliphatic rings. The van der Waals surface area contributed by atoms with E-state index in [4.69, 9.17) is 0 Å². The summed E-state index contributed by atoms with van der Waals surface area (Å²) >= 11 is 0. The quantitative estimate of drug-likeness (QED) is 0.403. The third-order valence-corrected chi connectivity index (χ3v) is 0. The zero-order chi connectivity index (χ0) is 0. The summed E-state index contributed by atoms with van der Waals surface area (Å²) in [5.74, 6) is 0. The topological polar surface area (TPSA) is 0 Å². The summed E-state index contributed by atoms with van der Waals surface area (Å²) in [4.78, 5) is 0. The average Bonchev–Trinajstić information content (AvgIpc) is 0. The van der Waals surface area contributed by atoms with Gasteiger partial charge in [0, 0.05) is 0 Å². The van der Waals surface area contributed by atoms with Gasteiger partial charge in [0.15, 0.2) is 0 Å². The van der Waals surface area contributed by atoms with E-state index in [9.17, 15) is 0 Å². The zero-order valence-electron chi connectivity index (χ0n) is 1.76. The van der Waals surface area contributed by atoms with Gasteiger partial charge in [-0.15, -0.1) is 0 Å². The van der Waals surface area contributed by atoms with Crippen molar-refractivity contribution in [2.24, 2.45) is 0 Å². The van der Waals surface area contributed by atoms with Gasteiger partial charge >= 0.3 is 52.4 Å². The first kappa shape index (κ1) is 33.0. The molecule has 0 aromatic carbocycles. The Labute approximate surface area is 76.2 Å². The monoisotopic (exact) mass is 250 g/mol. The summed E-state index contributed by atoms with van der Waals surface area (Å²) in [6.07, 6.45) is 0. The maximum absolute atomic E-state index is 0. The largest absolute Gasteiger partial charge is 4.00 e. The van der Waals surface area contributed by atoms with Crippen molar-refractivity contribution >= 4 is 0 Å². The van der Waals surface area contributed by atoms with Crippen LogP contribution < -0.4 is 24.8 Å². The number of hydrogen-bond acceptors (Lipinski definition) is 0. The summed E-state index contributed by atoms with van der Waals surface area (Å²) < 4.78 is 0. The molecule has 0 atom stereocenters. The summed E-state index contributed by atoms with van der Waals surface area (Å²) in [6, 6.07) is 0. The molecule has 0 aliphatic heterocycles. The maximum Gasteiger partial charge on any atom is 4.00 e. The van der Waals surface area contributed by atoms with Crippen molar-refractivity contribution in [3.8, 4) is 0 Å². The average molecular weight is 253 g/mol. The molecule has 0 saturated carbocycles. The van der Waals surface area contributed by atoms with Crippen LogP contribution in [0.4, 0.5) is 0 Å². The standard InChI is InChI=1S/2ClH.2Zr/h2*1H;;/q;;2*+4/p-2. The molecular formula is Cl2Zr2+6. The van der Waals surface area contributed by atoms with Crippen LogP contribution >= 0.6 is 0 Å². The van der Waals surface area contributed by atoms with Crippen molar-refractivity contribution in [2.75, 3.05) is 0 Å². The fourth-order valence-corrected chi connectivity index (χ4v) is 0. The van der Waals surface area contributed by atoms with Crippen LogP contribution in [-0.2, 0) is 52.4 Å². The second kappa shape index (κ2) is 18.3. The van der Waals surface area contributed by atoms with Crippen LogP contribution in [0.15, 0.2) is 0 Å². The van der Waals surface area contributed by atoms with Crippen molar-refractivity contribution in [3.63, 3.8) is 0 Å². The van der Waals surface area contributed by atoms with Gasteiger partial charge in [0.2, 0.25) is 0 Å². The first-order chi connectivity index (χ1) is 0. The van der Waals surface area contributed by atoms with Gasteiger partial charge in [-0.25, -0.2) is 0 Å². The SMILES string of the molecule is [Cl-].[Cl-].[Zr+4].[Zr+4]. The van der Waals surface area contributed by atoms with Crippen molar-refractivity contribution in [3.05, 3.63) is 0 Å². The van der Waals surface area contributed by atoms with Gasteiger partial charge in [-0.2, -0.15) is 0 Å². The van der Waals surface area contributed by atoms with Crippen LogP contribution in [0.5, 0.6) is 0 Å². The second-order valence-corrected chi connectivity index (χ2v) is 0. The normalized spacial score (nSPS) is 0. The second-order valence-electron chi connectivity index (χ2n) is 0. The molecule has 0 bridgehead atoms. The van der Waals surface area contributed by atoms with E-state index in [1.54, 1.807) is 0 Å². The molecule has 0 unspecified atom stereocenters. The van der Waals surface area contributed by atoms with Crippen LogP contribution in [-0.4, -0.2) is 0 Å². The molecule has 0 radical (unpaired) electrons. The number of halogens is 2. The van der Waals surface area contributed by atoms with Crippen LogP contribution in [0.25, 0.3) is 0 Å². The zero-order valence-corrected chi connectivity index (χ0v) is 8.18. The van der Waals surface area contributed by atoms with Gasteiger partial charge in [0.25, 0.3) is 0 Å². The van der Waals surface area contributed by atoms with Gasteiger partial charge < -0.3 is 24.8 Å². The Morgan fingerprint density at radius 3 is 0.500 bits per heavy atom. The molecule has 4 heteroatoms. The Hall–Kier alpha value is 2.35. The molecular weight excluding hydrogens is 253 g/mol. The van der Waals surface area contributed by atoms with E-state index in [1.807, 2.05) is 0 Å². The van der Waals surface area contributed by atoms with Crippen molar-refractivity contribution in [1.82, 2.24) is 0 Å². The van der Waals surface area contributed by atoms with E-state index in [1.165, 1.54) is 0 Å². The first-order valence-electron chi connectivity index (χ1n) is 0. The molecule has 4 heavy (non-hydrogen) atoms. The molecule has 0 aliphatic carbocycles. The molecule has 0 N–H and O–H groups in total. The molecule has 0 rings (SSSR count). The molecule has 0 heterocycles. The maximum atomic E-state index is 0. The van der Waals surface area contributed by atoms with Crippen LogP contribution in [0.3, 0.4) is 0 Å². The van der Waals surface area contributed by atoms with Gasteiger partial charge in [-0.05, 0) is 0 Å². The van der Waals surface area contributed by atoms with E-state index in [-0.39, 0.29) is 77.2 Å². The molecule has 0 amide bonds. The van der Waals surface area contributed by atoms with Gasteiger partial charge in [0.05, 0.1) is 0 Å². The Morgan fingerprint density at radius 2 is 0.500 bits per heavy atom. The van der Waals surface area contributed by atoms with Gasteiger partial charge in [-0.1, -0.05) is 0 Å². The predicted octanol–water partition coefficient (Wildman–Crippen LogP) is -6.00. The van der Waals surface area contributed by atoms with Crippen molar-refractivity contribution in [1.29, 1.82) is 0 Å². The molecule has 0 spiro atoms. The molecule has 0 nitrogen and oxygen atoms in total. The van der Waals surface area contributed by atoms with E-state index >= 15 is 0 Å². The Kier molecular flexibility index (Phi) is 151. The predicted molar refractivity (Wildman–Crippen MR) is 0 cm³/mol. The summed E-state index contributed by atoms with van der Waals surface area (Å²) in [5.41, 5.74) is 0. The van der Waals surface area contributed by atoms with Gasteiger partial charge in [0.1, 0.15) is 0 Å². The van der Waals surface area contributed by atoms with Crippen molar-refractivity contribution < 1.29 is 77.2 Å². The minimum atomic E-state index is 0. The number of hydrogen-bond donors (Lipinski definition) is 0. The molecule has 0 fully saturated rings. The fraction of sp³-hybridized carbons (Fsp3) is 0. The Morgan fingerprint density at radius 1 is 0.500 bits per heavy atom. The molecule has 0 aromatic heterocycles. The van der Waals surface area contributed by atoms with Crippen LogP contribution in [0.2, 0.25) is 0 Å². The van der Waals surface area contributed by atoms with Crippen LogP contribution in [0, 0.1) is 0 Å².